The number of benzene rings is 3. The number of carbonyl (C=O) groups excluding carboxylic acids is 1. The van der Waals surface area contributed by atoms with Gasteiger partial charge in [0.2, 0.25) is 0 Å². The molecule has 0 unspecified atom stereocenters. The molecule has 7 heteroatoms. The molecule has 2 heterocycles. The summed E-state index contributed by atoms with van der Waals surface area (Å²) in [5, 5.41) is 3.53. The Balaban J connectivity index is 1.60. The summed E-state index contributed by atoms with van der Waals surface area (Å²) in [6.07, 6.45) is 0. The Morgan fingerprint density at radius 2 is 1.64 bits per heavy atom. The van der Waals surface area contributed by atoms with Crippen LogP contribution >= 0.6 is 11.6 Å². The Morgan fingerprint density at radius 3 is 2.36 bits per heavy atom. The van der Waals surface area contributed by atoms with Gasteiger partial charge in [0.1, 0.15) is 16.9 Å². The van der Waals surface area contributed by atoms with Gasteiger partial charge in [0, 0.05) is 11.6 Å². The standard InChI is InChI=1S/C26H22ClN5O/c1-16-10-12-17(13-11-16)15-32-24(28)22(26(33)29-14-18-6-2-3-7-19(18)27)23-25(32)31-21-9-5-4-8-20(21)30-23/h2-13H,14-15,28H2,1H3,(H,29,33). The molecule has 6 nitrogen and oxygen atoms in total. The average molecular weight is 456 g/mol. The Hall–Kier alpha value is -3.90. The van der Waals surface area contributed by atoms with Crippen LogP contribution in [-0.2, 0) is 13.1 Å². The quantitative estimate of drug-likeness (QED) is 0.385. The predicted octanol–water partition coefficient (Wildman–Crippen LogP) is 5.11. The van der Waals surface area contributed by atoms with Crippen molar-refractivity contribution < 1.29 is 4.79 Å². The first-order chi connectivity index (χ1) is 16.0. The van der Waals surface area contributed by atoms with Gasteiger partial charge in [-0.15, -0.1) is 0 Å². The molecule has 3 N–H and O–H groups in total. The zero-order valence-corrected chi connectivity index (χ0v) is 18.8. The summed E-state index contributed by atoms with van der Waals surface area (Å²) in [5.74, 6) is 0.0159. The van der Waals surface area contributed by atoms with Crippen LogP contribution in [0.5, 0.6) is 0 Å². The highest BCUT2D eigenvalue weighted by atomic mass is 35.5. The molecule has 0 fully saturated rings. The Morgan fingerprint density at radius 1 is 0.970 bits per heavy atom. The maximum absolute atomic E-state index is 13.3. The van der Waals surface area contributed by atoms with Gasteiger partial charge in [-0.2, -0.15) is 0 Å². The second-order valence-corrected chi connectivity index (χ2v) is 8.40. The number of nitrogens with zero attached hydrogens (tertiary/aromatic N) is 3. The van der Waals surface area contributed by atoms with Crippen LogP contribution in [0.3, 0.4) is 0 Å². The van der Waals surface area contributed by atoms with Crippen molar-refractivity contribution in [3.8, 4) is 0 Å². The summed E-state index contributed by atoms with van der Waals surface area (Å²) >= 11 is 6.25. The molecule has 5 aromatic rings. The first-order valence-corrected chi connectivity index (χ1v) is 11.0. The molecular formula is C26H22ClN5O. The largest absolute Gasteiger partial charge is 0.384 e. The van der Waals surface area contributed by atoms with Crippen molar-refractivity contribution in [1.82, 2.24) is 19.9 Å². The molecule has 0 aliphatic rings. The number of anilines is 1. The first kappa shape index (κ1) is 21.0. The zero-order valence-electron chi connectivity index (χ0n) is 18.0. The smallest absolute Gasteiger partial charge is 0.257 e. The topological polar surface area (TPSA) is 85.8 Å². The number of nitrogen functional groups attached to an aromatic ring is 1. The number of fused-ring (bicyclic) bond motifs is 2. The lowest BCUT2D eigenvalue weighted by atomic mass is 10.1. The minimum Gasteiger partial charge on any atom is -0.384 e. The minimum absolute atomic E-state index is 0.281. The predicted molar refractivity (Wildman–Crippen MR) is 132 cm³/mol. The molecule has 5 rings (SSSR count). The van der Waals surface area contributed by atoms with E-state index in [1.165, 1.54) is 5.56 Å². The van der Waals surface area contributed by atoms with Gasteiger partial charge in [0.25, 0.3) is 5.91 Å². The molecule has 0 saturated heterocycles. The first-order valence-electron chi connectivity index (χ1n) is 10.6. The van der Waals surface area contributed by atoms with Gasteiger partial charge in [-0.1, -0.05) is 71.8 Å². The number of hydrogen-bond acceptors (Lipinski definition) is 4. The van der Waals surface area contributed by atoms with Gasteiger partial charge < -0.3 is 15.6 Å². The highest BCUT2D eigenvalue weighted by Crippen LogP contribution is 2.29. The monoisotopic (exact) mass is 455 g/mol. The van der Waals surface area contributed by atoms with Crippen LogP contribution in [0.1, 0.15) is 27.0 Å². The van der Waals surface area contributed by atoms with Crippen LogP contribution in [0.25, 0.3) is 22.2 Å². The highest BCUT2D eigenvalue weighted by molar-refractivity contribution is 6.31. The van der Waals surface area contributed by atoms with Crippen LogP contribution in [0.2, 0.25) is 5.02 Å². The lowest BCUT2D eigenvalue weighted by molar-refractivity contribution is 0.0953. The van der Waals surface area contributed by atoms with E-state index in [2.05, 4.69) is 17.4 Å². The van der Waals surface area contributed by atoms with E-state index >= 15 is 0 Å². The normalized spacial score (nSPS) is 11.2. The third kappa shape index (κ3) is 4.01. The molecule has 0 aliphatic carbocycles. The number of aryl methyl sites for hydroxylation is 1. The molecule has 0 radical (unpaired) electrons. The fourth-order valence-electron chi connectivity index (χ4n) is 3.88. The fourth-order valence-corrected chi connectivity index (χ4v) is 4.09. The summed E-state index contributed by atoms with van der Waals surface area (Å²) < 4.78 is 1.85. The zero-order chi connectivity index (χ0) is 22.9. The highest BCUT2D eigenvalue weighted by Gasteiger charge is 2.24. The van der Waals surface area contributed by atoms with Crippen molar-refractivity contribution in [3.05, 3.63) is 100 Å². The summed E-state index contributed by atoms with van der Waals surface area (Å²) in [5.41, 5.74) is 12.4. The van der Waals surface area contributed by atoms with Gasteiger partial charge in [0.15, 0.2) is 5.65 Å². The van der Waals surface area contributed by atoms with Crippen molar-refractivity contribution in [1.29, 1.82) is 0 Å². The van der Waals surface area contributed by atoms with Gasteiger partial charge >= 0.3 is 0 Å². The average Bonchev–Trinajstić information content (AvgIpc) is 3.08. The third-order valence-corrected chi connectivity index (χ3v) is 6.05. The molecule has 0 aliphatic heterocycles. The second kappa shape index (κ2) is 8.56. The van der Waals surface area contributed by atoms with Crippen LogP contribution in [0, 0.1) is 6.92 Å². The number of nitrogens with two attached hydrogens (primary N) is 1. The van der Waals surface area contributed by atoms with Crippen LogP contribution in [0.4, 0.5) is 5.82 Å². The van der Waals surface area contributed by atoms with Crippen molar-refractivity contribution in [2.75, 3.05) is 5.73 Å². The molecular weight excluding hydrogens is 434 g/mol. The molecule has 0 spiro atoms. The lowest BCUT2D eigenvalue weighted by Crippen LogP contribution is -2.24. The number of hydrogen-bond donors (Lipinski definition) is 2. The fraction of sp³-hybridized carbons (Fsp3) is 0.115. The van der Waals surface area contributed by atoms with E-state index in [0.717, 1.165) is 16.6 Å². The Labute approximate surface area is 196 Å². The Bertz CT molecular complexity index is 1490. The van der Waals surface area contributed by atoms with Gasteiger partial charge in [-0.3, -0.25) is 4.79 Å². The summed E-state index contributed by atoms with van der Waals surface area (Å²) in [4.78, 5) is 22.9. The minimum atomic E-state index is -0.315. The molecule has 0 atom stereocenters. The maximum atomic E-state index is 13.3. The Kier molecular flexibility index (Phi) is 5.44. The van der Waals surface area contributed by atoms with E-state index in [1.807, 2.05) is 66.1 Å². The molecule has 0 saturated carbocycles. The second-order valence-electron chi connectivity index (χ2n) is 7.99. The lowest BCUT2D eigenvalue weighted by Gasteiger charge is -2.09. The van der Waals surface area contributed by atoms with Crippen LogP contribution in [0.15, 0.2) is 72.8 Å². The molecule has 0 bridgehead atoms. The van der Waals surface area contributed by atoms with Crippen molar-refractivity contribution in [3.63, 3.8) is 0 Å². The van der Waals surface area contributed by atoms with E-state index in [9.17, 15) is 4.79 Å². The number of aromatic nitrogens is 3. The molecule has 1 amide bonds. The summed E-state index contributed by atoms with van der Waals surface area (Å²) in [6, 6.07) is 23.2. The number of nitrogens with one attached hydrogen (secondary N) is 1. The van der Waals surface area contributed by atoms with Crippen molar-refractivity contribution in [2.24, 2.45) is 0 Å². The van der Waals surface area contributed by atoms with Crippen LogP contribution < -0.4 is 11.1 Å². The molecule has 33 heavy (non-hydrogen) atoms. The number of amides is 1. The van der Waals surface area contributed by atoms with E-state index in [4.69, 9.17) is 27.3 Å². The van der Waals surface area contributed by atoms with Gasteiger partial charge in [0.05, 0.1) is 17.6 Å². The summed E-state index contributed by atoms with van der Waals surface area (Å²) in [7, 11) is 0. The number of halogens is 1. The van der Waals surface area contributed by atoms with E-state index in [1.54, 1.807) is 6.07 Å². The SMILES string of the molecule is Cc1ccc(Cn2c(N)c(C(=O)NCc3ccccc3Cl)c3nc4ccccc4nc32)cc1. The maximum Gasteiger partial charge on any atom is 0.257 e. The number of carbonyl (C=O) groups is 1. The van der Waals surface area contributed by atoms with Crippen LogP contribution in [-0.4, -0.2) is 20.4 Å². The van der Waals surface area contributed by atoms with Crippen molar-refractivity contribution in [2.45, 2.75) is 20.0 Å². The van der Waals surface area contributed by atoms with E-state index in [0.29, 0.717) is 39.6 Å². The summed E-state index contributed by atoms with van der Waals surface area (Å²) in [6.45, 7) is 2.80. The van der Waals surface area contributed by atoms with Gasteiger partial charge in [-0.05, 0) is 36.2 Å². The number of para-hydroxylation sites is 2. The van der Waals surface area contributed by atoms with E-state index in [-0.39, 0.29) is 12.5 Å². The van der Waals surface area contributed by atoms with Gasteiger partial charge in [-0.25, -0.2) is 9.97 Å². The van der Waals surface area contributed by atoms with Crippen molar-refractivity contribution >= 4 is 45.5 Å². The molecule has 164 valence electrons. The molecule has 2 aromatic heterocycles. The third-order valence-electron chi connectivity index (χ3n) is 5.68. The molecule has 3 aromatic carbocycles. The van der Waals surface area contributed by atoms with E-state index < -0.39 is 0 Å². The number of rotatable bonds is 5.